The highest BCUT2D eigenvalue weighted by Gasteiger charge is 2.59. The van der Waals surface area contributed by atoms with Crippen LogP contribution in [0.2, 0.25) is 0 Å². The highest BCUT2D eigenvalue weighted by molar-refractivity contribution is 5.87. The zero-order chi connectivity index (χ0) is 14.7. The van der Waals surface area contributed by atoms with Gasteiger partial charge < -0.3 is 4.79 Å². The molecular formula is C19H26O2. The Kier molecular flexibility index (Phi) is 2.96. The quantitative estimate of drug-likeness (QED) is 0.537. The van der Waals surface area contributed by atoms with Gasteiger partial charge in [-0.1, -0.05) is 25.0 Å². The lowest BCUT2D eigenvalue weighted by Gasteiger charge is -2.55. The van der Waals surface area contributed by atoms with E-state index in [-0.39, 0.29) is 10.8 Å². The summed E-state index contributed by atoms with van der Waals surface area (Å²) in [6.07, 6.45) is 13.4. The number of rotatable bonds is 1. The van der Waals surface area contributed by atoms with Crippen molar-refractivity contribution in [1.82, 2.24) is 0 Å². The highest BCUT2D eigenvalue weighted by Crippen LogP contribution is 2.63. The van der Waals surface area contributed by atoms with Crippen LogP contribution in [0.3, 0.4) is 0 Å². The van der Waals surface area contributed by atoms with Crippen LogP contribution in [0.25, 0.3) is 0 Å². The van der Waals surface area contributed by atoms with E-state index in [1.807, 2.05) is 0 Å². The normalized spacial score (nSPS) is 48.9. The van der Waals surface area contributed by atoms with Crippen molar-refractivity contribution in [3.8, 4) is 0 Å². The first-order valence-corrected chi connectivity index (χ1v) is 8.81. The van der Waals surface area contributed by atoms with Gasteiger partial charge in [0.1, 0.15) is 12.1 Å². The van der Waals surface area contributed by atoms with Crippen LogP contribution in [0.4, 0.5) is 0 Å². The molecule has 4 aliphatic rings. The number of Topliss-reactive ketones (excluding diaryl/α,β-unsaturated/α-hetero) is 1. The average Bonchev–Trinajstić information content (AvgIpc) is 2.82. The van der Waals surface area contributed by atoms with Crippen LogP contribution in [-0.4, -0.2) is 12.1 Å². The van der Waals surface area contributed by atoms with Crippen molar-refractivity contribution < 1.29 is 9.59 Å². The predicted molar refractivity (Wildman–Crippen MR) is 81.7 cm³/mol. The molecule has 0 unspecified atom stereocenters. The Morgan fingerprint density at radius 2 is 2.00 bits per heavy atom. The van der Waals surface area contributed by atoms with Gasteiger partial charge in [0.05, 0.1) is 0 Å². The number of aldehydes is 1. The average molecular weight is 286 g/mol. The molecule has 2 nitrogen and oxygen atoms in total. The van der Waals surface area contributed by atoms with Crippen LogP contribution >= 0.6 is 0 Å². The molecule has 5 atom stereocenters. The molecule has 114 valence electrons. The second-order valence-electron chi connectivity index (χ2n) is 8.13. The molecule has 0 heterocycles. The van der Waals surface area contributed by atoms with Gasteiger partial charge in [-0.05, 0) is 62.7 Å². The third kappa shape index (κ3) is 1.65. The maximum atomic E-state index is 12.4. The van der Waals surface area contributed by atoms with Gasteiger partial charge in [0.2, 0.25) is 0 Å². The Balaban J connectivity index is 1.75. The number of fused-ring (bicyclic) bond motifs is 5. The summed E-state index contributed by atoms with van der Waals surface area (Å²) in [6.45, 7) is 2.21. The van der Waals surface area contributed by atoms with Gasteiger partial charge in [-0.15, -0.1) is 0 Å². The Labute approximate surface area is 127 Å². The van der Waals surface area contributed by atoms with Crippen LogP contribution < -0.4 is 0 Å². The second kappa shape index (κ2) is 4.54. The van der Waals surface area contributed by atoms with Gasteiger partial charge in [0.25, 0.3) is 0 Å². The fraction of sp³-hybridized carbons (Fsp3) is 0.789. The lowest BCUT2D eigenvalue weighted by Crippen LogP contribution is -2.51. The van der Waals surface area contributed by atoms with Crippen LogP contribution in [0, 0.1) is 28.6 Å². The van der Waals surface area contributed by atoms with E-state index >= 15 is 0 Å². The molecule has 2 heteroatoms. The minimum absolute atomic E-state index is 0.0781. The zero-order valence-electron chi connectivity index (χ0n) is 13.1. The van der Waals surface area contributed by atoms with Crippen LogP contribution in [0.1, 0.15) is 64.7 Å². The Hall–Kier alpha value is -0.920. The molecule has 0 radical (unpaired) electrons. The fourth-order valence-corrected chi connectivity index (χ4v) is 6.37. The number of hydrogen-bond acceptors (Lipinski definition) is 2. The monoisotopic (exact) mass is 286 g/mol. The van der Waals surface area contributed by atoms with E-state index in [4.69, 9.17) is 0 Å². The number of allylic oxidation sites excluding steroid dienone is 2. The van der Waals surface area contributed by atoms with E-state index < -0.39 is 0 Å². The number of carbonyl (C=O) groups is 2. The van der Waals surface area contributed by atoms with Crippen molar-refractivity contribution in [3.63, 3.8) is 0 Å². The largest absolute Gasteiger partial charge is 0.302 e. The van der Waals surface area contributed by atoms with Gasteiger partial charge in [-0.25, -0.2) is 0 Å². The molecule has 0 bridgehead atoms. The van der Waals surface area contributed by atoms with Gasteiger partial charge in [0, 0.05) is 17.3 Å². The Morgan fingerprint density at radius 1 is 1.14 bits per heavy atom. The predicted octanol–water partition coefficient (Wildman–Crippen LogP) is 4.09. The van der Waals surface area contributed by atoms with E-state index in [1.54, 1.807) is 0 Å². The standard InChI is InChI=1S/C19H26O2/c1-18-11-9-16-14(15(18)7-8-17(18)21)6-5-13-4-2-3-10-19(13,16)12-20/h5,12,14-16H,2-4,6-11H2,1H3/t14-,15-,16-,18-,19+/m0/s1. The van der Waals surface area contributed by atoms with Crippen molar-refractivity contribution in [2.45, 2.75) is 64.7 Å². The van der Waals surface area contributed by atoms with E-state index in [0.717, 1.165) is 44.9 Å². The van der Waals surface area contributed by atoms with Gasteiger partial charge in [-0.2, -0.15) is 0 Å². The summed E-state index contributed by atoms with van der Waals surface area (Å²) in [6, 6.07) is 0. The molecule has 0 aliphatic heterocycles. The summed E-state index contributed by atoms with van der Waals surface area (Å²) in [7, 11) is 0. The van der Waals surface area contributed by atoms with Crippen molar-refractivity contribution in [2.24, 2.45) is 28.6 Å². The van der Waals surface area contributed by atoms with Crippen LogP contribution in [0.5, 0.6) is 0 Å². The Bertz CT molecular complexity index is 520. The maximum absolute atomic E-state index is 12.4. The van der Waals surface area contributed by atoms with E-state index in [9.17, 15) is 9.59 Å². The highest BCUT2D eigenvalue weighted by atomic mass is 16.1. The van der Waals surface area contributed by atoms with Crippen LogP contribution in [-0.2, 0) is 9.59 Å². The molecule has 4 rings (SSSR count). The first kappa shape index (κ1) is 13.7. The minimum Gasteiger partial charge on any atom is -0.302 e. The second-order valence-corrected chi connectivity index (χ2v) is 8.13. The third-order valence-corrected chi connectivity index (χ3v) is 7.54. The number of hydrogen-bond donors (Lipinski definition) is 0. The number of carbonyl (C=O) groups excluding carboxylic acids is 2. The molecule has 0 aromatic rings. The molecular weight excluding hydrogens is 260 g/mol. The summed E-state index contributed by atoms with van der Waals surface area (Å²) >= 11 is 0. The smallest absolute Gasteiger partial charge is 0.139 e. The zero-order valence-corrected chi connectivity index (χ0v) is 13.1. The summed E-state index contributed by atoms with van der Waals surface area (Å²) < 4.78 is 0. The van der Waals surface area contributed by atoms with Gasteiger partial charge in [0.15, 0.2) is 0 Å². The van der Waals surface area contributed by atoms with E-state index in [2.05, 4.69) is 13.0 Å². The molecule has 0 aromatic carbocycles. The van der Waals surface area contributed by atoms with Crippen LogP contribution in [0.15, 0.2) is 11.6 Å². The molecule has 3 saturated carbocycles. The first-order chi connectivity index (χ1) is 10.1. The molecule has 0 N–H and O–H groups in total. The molecule has 4 aliphatic carbocycles. The topological polar surface area (TPSA) is 34.1 Å². The molecule has 0 amide bonds. The van der Waals surface area contributed by atoms with Gasteiger partial charge >= 0.3 is 0 Å². The summed E-state index contributed by atoms with van der Waals surface area (Å²) in [4.78, 5) is 24.5. The van der Waals surface area contributed by atoms with Crippen molar-refractivity contribution in [3.05, 3.63) is 11.6 Å². The fourth-order valence-electron chi connectivity index (χ4n) is 6.37. The Morgan fingerprint density at radius 3 is 2.81 bits per heavy atom. The SMILES string of the molecule is C[C@]12CC[C@H]3[C@@H](CC=C4CCCC[C@@]43C=O)[C@@H]1CCC2=O. The summed E-state index contributed by atoms with van der Waals surface area (Å²) in [5.74, 6) is 2.10. The molecule has 21 heavy (non-hydrogen) atoms. The van der Waals surface area contributed by atoms with Crippen molar-refractivity contribution >= 4 is 12.1 Å². The molecule has 0 spiro atoms. The summed E-state index contributed by atoms with van der Waals surface area (Å²) in [5.41, 5.74) is 1.21. The maximum Gasteiger partial charge on any atom is 0.139 e. The minimum atomic E-state index is -0.159. The molecule has 0 aromatic heterocycles. The first-order valence-electron chi connectivity index (χ1n) is 8.81. The van der Waals surface area contributed by atoms with Crippen molar-refractivity contribution in [1.29, 1.82) is 0 Å². The summed E-state index contributed by atoms with van der Waals surface area (Å²) in [5, 5.41) is 0. The van der Waals surface area contributed by atoms with E-state index in [0.29, 0.717) is 23.5 Å². The number of ketones is 1. The van der Waals surface area contributed by atoms with Gasteiger partial charge in [-0.3, -0.25) is 4.79 Å². The molecule has 3 fully saturated rings. The van der Waals surface area contributed by atoms with Crippen molar-refractivity contribution in [2.75, 3.05) is 0 Å². The van der Waals surface area contributed by atoms with E-state index in [1.165, 1.54) is 24.7 Å². The lowest BCUT2D eigenvalue weighted by molar-refractivity contribution is -0.134. The lowest BCUT2D eigenvalue weighted by atomic mass is 9.48. The third-order valence-electron chi connectivity index (χ3n) is 7.54. The molecule has 0 saturated heterocycles.